The van der Waals surface area contributed by atoms with E-state index in [1.807, 2.05) is 20.8 Å². The maximum Gasteiger partial charge on any atom is 0.333 e. The normalized spacial score (nSPS) is 12.7. The molecule has 2 N–H and O–H groups in total. The summed E-state index contributed by atoms with van der Waals surface area (Å²) in [6.07, 6.45) is 0.738. The maximum absolute atomic E-state index is 11.1. The molecule has 7 nitrogen and oxygen atoms in total. The topological polar surface area (TPSA) is 93.2 Å². The summed E-state index contributed by atoms with van der Waals surface area (Å²) in [7, 11) is 0. The first kappa shape index (κ1) is 15.4. The number of aliphatic hydroxyl groups excluding tert-OH is 1. The van der Waals surface area contributed by atoms with Crippen LogP contribution in [-0.2, 0) is 6.54 Å². The Morgan fingerprint density at radius 3 is 2.58 bits per heavy atom. The molecule has 0 saturated heterocycles. The highest BCUT2D eigenvalue weighted by atomic mass is 16.6. The molecule has 1 aromatic heterocycles. The third-order valence-corrected chi connectivity index (χ3v) is 2.90. The van der Waals surface area contributed by atoms with E-state index in [1.54, 1.807) is 11.6 Å². The third-order valence-electron chi connectivity index (χ3n) is 2.90. The van der Waals surface area contributed by atoms with Crippen molar-refractivity contribution in [3.8, 4) is 0 Å². The standard InChI is InChI=1S/C12H22N4O3/c1-5-15-12(11(16(18)19)9(4)14-15)13-10(7-17)6-8(2)3/h8,10,13,17H,5-7H2,1-4H3. The first-order valence-electron chi connectivity index (χ1n) is 6.49. The average Bonchev–Trinajstić information content (AvgIpc) is 2.63. The van der Waals surface area contributed by atoms with Crippen LogP contribution in [0.3, 0.4) is 0 Å². The second-order valence-corrected chi connectivity index (χ2v) is 5.01. The predicted molar refractivity (Wildman–Crippen MR) is 73.2 cm³/mol. The summed E-state index contributed by atoms with van der Waals surface area (Å²) >= 11 is 0. The van der Waals surface area contributed by atoms with Crippen molar-refractivity contribution in [2.45, 2.75) is 46.7 Å². The maximum atomic E-state index is 11.1. The van der Waals surface area contributed by atoms with Crippen molar-refractivity contribution in [3.63, 3.8) is 0 Å². The van der Waals surface area contributed by atoms with Gasteiger partial charge >= 0.3 is 5.69 Å². The van der Waals surface area contributed by atoms with Gasteiger partial charge in [0.15, 0.2) is 0 Å². The Morgan fingerprint density at radius 2 is 2.16 bits per heavy atom. The van der Waals surface area contributed by atoms with E-state index in [-0.39, 0.29) is 18.3 Å². The molecular formula is C12H22N4O3. The zero-order valence-corrected chi connectivity index (χ0v) is 11.9. The van der Waals surface area contributed by atoms with E-state index in [0.717, 1.165) is 6.42 Å². The Labute approximate surface area is 112 Å². The van der Waals surface area contributed by atoms with Crippen LogP contribution in [0.4, 0.5) is 11.5 Å². The van der Waals surface area contributed by atoms with Crippen LogP contribution in [0.5, 0.6) is 0 Å². The lowest BCUT2D eigenvalue weighted by Gasteiger charge is -2.19. The Balaban J connectivity index is 3.06. The van der Waals surface area contributed by atoms with Crippen molar-refractivity contribution in [2.24, 2.45) is 5.92 Å². The molecule has 1 heterocycles. The van der Waals surface area contributed by atoms with Crippen molar-refractivity contribution in [1.82, 2.24) is 9.78 Å². The fourth-order valence-corrected chi connectivity index (χ4v) is 2.10. The van der Waals surface area contributed by atoms with E-state index in [4.69, 9.17) is 0 Å². The molecule has 19 heavy (non-hydrogen) atoms. The molecule has 0 spiro atoms. The number of hydrogen-bond acceptors (Lipinski definition) is 5. The molecule has 0 radical (unpaired) electrons. The molecule has 0 aliphatic carbocycles. The van der Waals surface area contributed by atoms with Gasteiger partial charge in [0, 0.05) is 6.54 Å². The Hall–Kier alpha value is -1.63. The zero-order valence-electron chi connectivity index (χ0n) is 11.9. The van der Waals surface area contributed by atoms with Gasteiger partial charge in [-0.1, -0.05) is 13.8 Å². The van der Waals surface area contributed by atoms with Gasteiger partial charge < -0.3 is 10.4 Å². The molecule has 0 amide bonds. The monoisotopic (exact) mass is 270 g/mol. The molecule has 1 rings (SSSR count). The number of nitro groups is 1. The highest BCUT2D eigenvalue weighted by molar-refractivity contribution is 5.60. The average molecular weight is 270 g/mol. The van der Waals surface area contributed by atoms with E-state index in [0.29, 0.717) is 24.0 Å². The van der Waals surface area contributed by atoms with Crippen molar-refractivity contribution >= 4 is 11.5 Å². The summed E-state index contributed by atoms with van der Waals surface area (Å²) in [4.78, 5) is 10.7. The number of nitrogens with zero attached hydrogens (tertiary/aromatic N) is 3. The van der Waals surface area contributed by atoms with E-state index < -0.39 is 4.92 Å². The molecule has 0 saturated carbocycles. The summed E-state index contributed by atoms with van der Waals surface area (Å²) in [5, 5.41) is 27.7. The van der Waals surface area contributed by atoms with E-state index >= 15 is 0 Å². The Kier molecular flexibility index (Phi) is 5.29. The number of rotatable bonds is 7. The van der Waals surface area contributed by atoms with Gasteiger partial charge in [0.2, 0.25) is 5.82 Å². The molecule has 1 atom stereocenters. The van der Waals surface area contributed by atoms with Gasteiger partial charge in [0.25, 0.3) is 0 Å². The summed E-state index contributed by atoms with van der Waals surface area (Å²) in [5.74, 6) is 0.771. The van der Waals surface area contributed by atoms with Crippen LogP contribution in [0.2, 0.25) is 0 Å². The lowest BCUT2D eigenvalue weighted by molar-refractivity contribution is -0.384. The summed E-state index contributed by atoms with van der Waals surface area (Å²) in [6, 6.07) is -0.208. The molecule has 0 aromatic carbocycles. The van der Waals surface area contributed by atoms with Gasteiger partial charge in [-0.15, -0.1) is 0 Å². The zero-order chi connectivity index (χ0) is 14.6. The van der Waals surface area contributed by atoms with Crippen LogP contribution in [0.1, 0.15) is 32.9 Å². The van der Waals surface area contributed by atoms with Gasteiger partial charge in [0.05, 0.1) is 17.6 Å². The van der Waals surface area contributed by atoms with Crippen LogP contribution in [-0.4, -0.2) is 32.5 Å². The van der Waals surface area contributed by atoms with Crippen LogP contribution in [0, 0.1) is 23.0 Å². The molecule has 0 bridgehead atoms. The van der Waals surface area contributed by atoms with Crippen molar-refractivity contribution in [2.75, 3.05) is 11.9 Å². The summed E-state index contributed by atoms with van der Waals surface area (Å²) in [5.41, 5.74) is 0.375. The van der Waals surface area contributed by atoms with Gasteiger partial charge in [-0.2, -0.15) is 5.10 Å². The fourth-order valence-electron chi connectivity index (χ4n) is 2.10. The number of nitrogens with one attached hydrogen (secondary N) is 1. The van der Waals surface area contributed by atoms with E-state index in [9.17, 15) is 15.2 Å². The lowest BCUT2D eigenvalue weighted by Crippen LogP contribution is -2.27. The van der Waals surface area contributed by atoms with Crippen molar-refractivity contribution in [3.05, 3.63) is 15.8 Å². The highest BCUT2D eigenvalue weighted by Gasteiger charge is 2.26. The predicted octanol–water partition coefficient (Wildman–Crippen LogP) is 1.94. The minimum atomic E-state index is -0.430. The van der Waals surface area contributed by atoms with Gasteiger partial charge in [-0.05, 0) is 26.2 Å². The van der Waals surface area contributed by atoms with Crippen LogP contribution in [0.15, 0.2) is 0 Å². The lowest BCUT2D eigenvalue weighted by atomic mass is 10.0. The molecule has 0 aliphatic rings. The smallest absolute Gasteiger partial charge is 0.333 e. The highest BCUT2D eigenvalue weighted by Crippen LogP contribution is 2.29. The van der Waals surface area contributed by atoms with Crippen LogP contribution in [0.25, 0.3) is 0 Å². The largest absolute Gasteiger partial charge is 0.394 e. The first-order chi connectivity index (χ1) is 8.90. The molecular weight excluding hydrogens is 248 g/mol. The van der Waals surface area contributed by atoms with Crippen LogP contribution < -0.4 is 5.32 Å². The SMILES string of the molecule is CCn1nc(C)c([N+](=O)[O-])c1NC(CO)CC(C)C. The second-order valence-electron chi connectivity index (χ2n) is 5.01. The van der Waals surface area contributed by atoms with Crippen molar-refractivity contribution < 1.29 is 10.0 Å². The number of aromatic nitrogens is 2. The van der Waals surface area contributed by atoms with Gasteiger partial charge in [0.1, 0.15) is 5.69 Å². The number of aryl methyl sites for hydroxylation is 2. The minimum absolute atomic E-state index is 0.0101. The molecule has 0 aliphatic heterocycles. The molecule has 1 unspecified atom stereocenters. The number of hydrogen-bond donors (Lipinski definition) is 2. The fraction of sp³-hybridized carbons (Fsp3) is 0.750. The van der Waals surface area contributed by atoms with E-state index in [1.165, 1.54) is 0 Å². The Morgan fingerprint density at radius 1 is 1.53 bits per heavy atom. The third kappa shape index (κ3) is 3.66. The van der Waals surface area contributed by atoms with Crippen LogP contribution >= 0.6 is 0 Å². The van der Waals surface area contributed by atoms with Gasteiger partial charge in [-0.25, -0.2) is 4.68 Å². The molecule has 108 valence electrons. The summed E-state index contributed by atoms with van der Waals surface area (Å²) in [6.45, 7) is 8.05. The molecule has 0 fully saturated rings. The minimum Gasteiger partial charge on any atom is -0.394 e. The number of anilines is 1. The van der Waals surface area contributed by atoms with Crippen molar-refractivity contribution in [1.29, 1.82) is 0 Å². The number of aliphatic hydroxyl groups is 1. The van der Waals surface area contributed by atoms with Gasteiger partial charge in [-0.3, -0.25) is 10.1 Å². The first-order valence-corrected chi connectivity index (χ1v) is 6.49. The Bertz CT molecular complexity index is 442. The van der Waals surface area contributed by atoms with E-state index in [2.05, 4.69) is 10.4 Å². The molecule has 1 aromatic rings. The quantitative estimate of drug-likeness (QED) is 0.583. The second kappa shape index (κ2) is 6.51. The molecule has 7 heteroatoms. The summed E-state index contributed by atoms with van der Waals surface area (Å²) < 4.78 is 1.57.